The van der Waals surface area contributed by atoms with Gasteiger partial charge in [-0.3, -0.25) is 0 Å². The average Bonchev–Trinajstić information content (AvgIpc) is 2.72. The molecule has 0 radical (unpaired) electrons. The summed E-state index contributed by atoms with van der Waals surface area (Å²) >= 11 is 3.36. The second-order valence-corrected chi connectivity index (χ2v) is 5.96. The molecule has 1 aliphatic carbocycles. The third kappa shape index (κ3) is 2.45. The highest BCUT2D eigenvalue weighted by Gasteiger charge is 2.31. The lowest BCUT2D eigenvalue weighted by atomic mass is 9.94. The fraction of sp³-hybridized carbons (Fsp3) is 0.250. The maximum atomic E-state index is 13.8. The van der Waals surface area contributed by atoms with Crippen LogP contribution in [0.2, 0.25) is 0 Å². The maximum absolute atomic E-state index is 13.8. The lowest BCUT2D eigenvalue weighted by Gasteiger charge is -2.15. The van der Waals surface area contributed by atoms with E-state index in [4.69, 9.17) is 0 Å². The predicted molar refractivity (Wildman–Crippen MR) is 76.4 cm³/mol. The summed E-state index contributed by atoms with van der Waals surface area (Å²) in [6, 6.07) is 12.9. The SMILES string of the molecule is OC1c2ccccc2CC1Cc1cc(Br)ccc1F. The Morgan fingerprint density at radius 3 is 2.79 bits per heavy atom. The Labute approximate surface area is 120 Å². The van der Waals surface area contributed by atoms with Crippen molar-refractivity contribution in [3.05, 3.63) is 69.4 Å². The topological polar surface area (TPSA) is 20.2 Å². The molecule has 0 bridgehead atoms. The Hall–Kier alpha value is -1.19. The van der Waals surface area contributed by atoms with Gasteiger partial charge in [-0.05, 0) is 53.6 Å². The fourth-order valence-electron chi connectivity index (χ4n) is 2.82. The lowest BCUT2D eigenvalue weighted by molar-refractivity contribution is 0.123. The largest absolute Gasteiger partial charge is 0.388 e. The highest BCUT2D eigenvalue weighted by Crippen LogP contribution is 2.38. The normalized spacial score (nSPS) is 21.4. The minimum absolute atomic E-state index is 0.0567. The van der Waals surface area contributed by atoms with E-state index in [-0.39, 0.29) is 11.7 Å². The molecule has 2 aromatic rings. The van der Waals surface area contributed by atoms with E-state index >= 15 is 0 Å². The van der Waals surface area contributed by atoms with Crippen LogP contribution in [0, 0.1) is 11.7 Å². The number of rotatable bonds is 2. The Kier molecular flexibility index (Phi) is 3.42. The zero-order chi connectivity index (χ0) is 13.4. The van der Waals surface area contributed by atoms with E-state index in [0.717, 1.165) is 16.5 Å². The smallest absolute Gasteiger partial charge is 0.126 e. The Balaban J connectivity index is 1.85. The number of aliphatic hydroxyl groups excluding tert-OH is 1. The third-order valence-corrected chi connectivity index (χ3v) is 4.29. The molecule has 0 saturated heterocycles. The molecule has 0 spiro atoms. The van der Waals surface area contributed by atoms with Gasteiger partial charge in [0.05, 0.1) is 6.10 Å². The molecule has 0 heterocycles. The van der Waals surface area contributed by atoms with Gasteiger partial charge in [-0.1, -0.05) is 40.2 Å². The van der Waals surface area contributed by atoms with Gasteiger partial charge in [0.1, 0.15) is 5.82 Å². The van der Waals surface area contributed by atoms with Gasteiger partial charge >= 0.3 is 0 Å². The van der Waals surface area contributed by atoms with Crippen LogP contribution in [0.25, 0.3) is 0 Å². The molecular weight excluding hydrogens is 307 g/mol. The summed E-state index contributed by atoms with van der Waals surface area (Å²) in [6.45, 7) is 0. The molecule has 0 fully saturated rings. The molecule has 2 unspecified atom stereocenters. The summed E-state index contributed by atoms with van der Waals surface area (Å²) in [5.41, 5.74) is 2.82. The first-order valence-corrected chi connectivity index (χ1v) is 7.14. The molecule has 1 N–H and O–H groups in total. The van der Waals surface area contributed by atoms with Crippen molar-refractivity contribution >= 4 is 15.9 Å². The van der Waals surface area contributed by atoms with Crippen LogP contribution < -0.4 is 0 Å². The Morgan fingerprint density at radius 2 is 2.00 bits per heavy atom. The van der Waals surface area contributed by atoms with E-state index < -0.39 is 6.10 Å². The van der Waals surface area contributed by atoms with Crippen molar-refractivity contribution in [1.29, 1.82) is 0 Å². The van der Waals surface area contributed by atoms with Crippen molar-refractivity contribution in [2.45, 2.75) is 18.9 Å². The van der Waals surface area contributed by atoms with Crippen molar-refractivity contribution in [2.75, 3.05) is 0 Å². The zero-order valence-electron chi connectivity index (χ0n) is 10.3. The lowest BCUT2D eigenvalue weighted by Crippen LogP contribution is -2.11. The number of fused-ring (bicyclic) bond motifs is 1. The average molecular weight is 321 g/mol. The second kappa shape index (κ2) is 5.06. The molecule has 98 valence electrons. The summed E-state index contributed by atoms with van der Waals surface area (Å²) in [5, 5.41) is 10.3. The number of hydrogen-bond donors (Lipinski definition) is 1. The van der Waals surface area contributed by atoms with Gasteiger partial charge in [0.25, 0.3) is 0 Å². The van der Waals surface area contributed by atoms with E-state index in [0.29, 0.717) is 12.0 Å². The van der Waals surface area contributed by atoms with Gasteiger partial charge in [0, 0.05) is 4.47 Å². The van der Waals surface area contributed by atoms with Crippen molar-refractivity contribution in [1.82, 2.24) is 0 Å². The molecule has 2 atom stereocenters. The van der Waals surface area contributed by atoms with Crippen LogP contribution in [0.4, 0.5) is 4.39 Å². The molecule has 3 rings (SSSR count). The Bertz CT molecular complexity index is 611. The van der Waals surface area contributed by atoms with E-state index in [1.807, 2.05) is 24.3 Å². The first-order chi connectivity index (χ1) is 9.15. The fourth-order valence-corrected chi connectivity index (χ4v) is 3.23. The standard InChI is InChI=1S/C16H14BrFO/c17-13-5-6-15(18)11(9-13)8-12-7-10-3-1-2-4-14(10)16(12)19/h1-6,9,12,16,19H,7-8H2. The first kappa shape index (κ1) is 12.8. The summed E-state index contributed by atoms with van der Waals surface area (Å²) in [5.74, 6) is -0.146. The van der Waals surface area contributed by atoms with Gasteiger partial charge in [0.2, 0.25) is 0 Å². The van der Waals surface area contributed by atoms with E-state index in [2.05, 4.69) is 15.9 Å². The van der Waals surface area contributed by atoms with Gasteiger partial charge < -0.3 is 5.11 Å². The quantitative estimate of drug-likeness (QED) is 0.885. The number of aliphatic hydroxyl groups is 1. The number of benzene rings is 2. The highest BCUT2D eigenvalue weighted by atomic mass is 79.9. The monoisotopic (exact) mass is 320 g/mol. The maximum Gasteiger partial charge on any atom is 0.126 e. The molecule has 0 saturated carbocycles. The predicted octanol–water partition coefficient (Wildman–Crippen LogP) is 4.04. The summed E-state index contributed by atoms with van der Waals surface area (Å²) in [6.07, 6.45) is 0.874. The molecule has 1 nitrogen and oxygen atoms in total. The van der Waals surface area contributed by atoms with Gasteiger partial charge in [-0.25, -0.2) is 4.39 Å². The summed E-state index contributed by atoms with van der Waals surface area (Å²) in [4.78, 5) is 0. The van der Waals surface area contributed by atoms with Crippen molar-refractivity contribution in [2.24, 2.45) is 5.92 Å². The van der Waals surface area contributed by atoms with Crippen LogP contribution in [0.3, 0.4) is 0 Å². The Morgan fingerprint density at radius 1 is 1.21 bits per heavy atom. The summed E-state index contributed by atoms with van der Waals surface area (Å²) < 4.78 is 14.6. The third-order valence-electron chi connectivity index (χ3n) is 3.79. The minimum atomic E-state index is -0.491. The molecule has 0 aliphatic heterocycles. The molecule has 0 amide bonds. The molecule has 1 aliphatic rings. The van der Waals surface area contributed by atoms with Crippen LogP contribution in [-0.4, -0.2) is 5.11 Å². The van der Waals surface area contributed by atoms with Crippen LogP contribution in [0.1, 0.15) is 22.8 Å². The van der Waals surface area contributed by atoms with Crippen LogP contribution in [0.15, 0.2) is 46.9 Å². The molecular formula is C16H14BrFO. The van der Waals surface area contributed by atoms with E-state index in [9.17, 15) is 9.50 Å². The van der Waals surface area contributed by atoms with Crippen LogP contribution >= 0.6 is 15.9 Å². The van der Waals surface area contributed by atoms with Crippen molar-refractivity contribution in [3.8, 4) is 0 Å². The van der Waals surface area contributed by atoms with Crippen LogP contribution in [-0.2, 0) is 12.8 Å². The molecule has 3 heteroatoms. The van der Waals surface area contributed by atoms with Crippen molar-refractivity contribution in [3.63, 3.8) is 0 Å². The highest BCUT2D eigenvalue weighted by molar-refractivity contribution is 9.10. The van der Waals surface area contributed by atoms with E-state index in [1.165, 1.54) is 11.6 Å². The van der Waals surface area contributed by atoms with E-state index in [1.54, 1.807) is 12.1 Å². The minimum Gasteiger partial charge on any atom is -0.388 e. The molecule has 2 aromatic carbocycles. The van der Waals surface area contributed by atoms with Crippen LogP contribution in [0.5, 0.6) is 0 Å². The van der Waals surface area contributed by atoms with Gasteiger partial charge in [-0.2, -0.15) is 0 Å². The summed E-state index contributed by atoms with van der Waals surface area (Å²) in [7, 11) is 0. The first-order valence-electron chi connectivity index (χ1n) is 6.35. The number of halogens is 2. The number of hydrogen-bond acceptors (Lipinski definition) is 1. The van der Waals surface area contributed by atoms with Gasteiger partial charge in [-0.15, -0.1) is 0 Å². The zero-order valence-corrected chi connectivity index (χ0v) is 11.9. The molecule has 0 aromatic heterocycles. The molecule has 19 heavy (non-hydrogen) atoms. The van der Waals surface area contributed by atoms with Gasteiger partial charge in [0.15, 0.2) is 0 Å². The van der Waals surface area contributed by atoms with Crippen molar-refractivity contribution < 1.29 is 9.50 Å². The second-order valence-electron chi connectivity index (χ2n) is 5.05.